The zero-order valence-corrected chi connectivity index (χ0v) is 17.9. The number of aromatic nitrogens is 1. The number of unbranched alkanes of at least 4 members (excludes halogenated alkanes) is 4. The van der Waals surface area contributed by atoms with Crippen LogP contribution in [0, 0.1) is 17.0 Å². The molecule has 0 bridgehead atoms. The molecule has 10 nitrogen and oxygen atoms in total. The predicted octanol–water partition coefficient (Wildman–Crippen LogP) is 4.37. The Balaban J connectivity index is 1.87. The van der Waals surface area contributed by atoms with Gasteiger partial charge in [0.1, 0.15) is 5.69 Å². The molecule has 31 heavy (non-hydrogen) atoms. The lowest BCUT2D eigenvalue weighted by atomic mass is 10.1. The highest BCUT2D eigenvalue weighted by Gasteiger charge is 2.20. The van der Waals surface area contributed by atoms with Crippen molar-refractivity contribution >= 4 is 44.9 Å². The van der Waals surface area contributed by atoms with Crippen LogP contribution in [0.2, 0.25) is 0 Å². The molecule has 0 saturated carbocycles. The van der Waals surface area contributed by atoms with Crippen LogP contribution >= 0.6 is 11.3 Å². The van der Waals surface area contributed by atoms with Crippen LogP contribution in [0.1, 0.15) is 61.0 Å². The van der Waals surface area contributed by atoms with Crippen molar-refractivity contribution in [3.8, 4) is 0 Å². The number of benzene rings is 1. The van der Waals surface area contributed by atoms with E-state index in [4.69, 9.17) is 5.11 Å². The van der Waals surface area contributed by atoms with Gasteiger partial charge in [0.05, 0.1) is 16.2 Å². The Morgan fingerprint density at radius 2 is 1.71 bits per heavy atom. The van der Waals surface area contributed by atoms with Crippen molar-refractivity contribution in [1.82, 2.24) is 4.98 Å². The topological polar surface area (TPSA) is 152 Å². The molecule has 166 valence electrons. The minimum Gasteiger partial charge on any atom is -0.481 e. The lowest BCUT2D eigenvalue weighted by Crippen LogP contribution is -2.18. The number of para-hydroxylation sites is 1. The molecule has 0 unspecified atom stereocenters. The van der Waals surface area contributed by atoms with Crippen LogP contribution in [0.15, 0.2) is 24.3 Å². The molecule has 0 spiro atoms. The summed E-state index contributed by atoms with van der Waals surface area (Å²) in [7, 11) is 0. The maximum atomic E-state index is 12.6. The van der Waals surface area contributed by atoms with E-state index in [0.717, 1.165) is 30.6 Å². The van der Waals surface area contributed by atoms with E-state index < -0.39 is 16.8 Å². The lowest BCUT2D eigenvalue weighted by Gasteiger charge is -2.10. The van der Waals surface area contributed by atoms with Gasteiger partial charge >= 0.3 is 11.0 Å². The highest BCUT2D eigenvalue weighted by molar-refractivity contribution is 7.19. The molecule has 0 fully saturated rings. The van der Waals surface area contributed by atoms with Crippen LogP contribution in [-0.2, 0) is 9.59 Å². The van der Waals surface area contributed by atoms with Crippen molar-refractivity contribution in [3.63, 3.8) is 0 Å². The summed E-state index contributed by atoms with van der Waals surface area (Å²) < 4.78 is 0. The van der Waals surface area contributed by atoms with Crippen molar-refractivity contribution in [1.29, 1.82) is 0 Å². The first-order valence-corrected chi connectivity index (χ1v) is 10.6. The largest absolute Gasteiger partial charge is 0.481 e. The average molecular weight is 449 g/mol. The van der Waals surface area contributed by atoms with Crippen LogP contribution < -0.4 is 10.6 Å². The van der Waals surface area contributed by atoms with Crippen LogP contribution in [0.3, 0.4) is 0 Å². The minimum absolute atomic E-state index is 0.109. The summed E-state index contributed by atoms with van der Waals surface area (Å²) >= 11 is 0.769. The number of hydrogen-bond donors (Lipinski definition) is 3. The smallest absolute Gasteiger partial charge is 0.348 e. The molecule has 11 heteroatoms. The number of nitro groups is 1. The van der Waals surface area contributed by atoms with Crippen LogP contribution in [0.25, 0.3) is 0 Å². The van der Waals surface area contributed by atoms with Crippen molar-refractivity contribution < 1.29 is 24.4 Å². The number of carboxylic acid groups (broad SMARTS) is 1. The number of hydrogen-bond acceptors (Lipinski definition) is 7. The summed E-state index contributed by atoms with van der Waals surface area (Å²) in [6, 6.07) is 6.49. The number of aryl methyl sites for hydroxylation is 1. The fourth-order valence-corrected chi connectivity index (χ4v) is 3.65. The SMILES string of the molecule is Cc1nc(NC(=O)c2ccccc2NC(=O)CCCCCCCC(=O)O)sc1[N+](=O)[O-]. The molecular formula is C20H24N4O6S. The Morgan fingerprint density at radius 3 is 2.35 bits per heavy atom. The van der Waals surface area contributed by atoms with E-state index >= 15 is 0 Å². The number of thiazole rings is 1. The molecule has 2 amide bonds. The lowest BCUT2D eigenvalue weighted by molar-refractivity contribution is -0.380. The van der Waals surface area contributed by atoms with Gasteiger partial charge in [0, 0.05) is 12.8 Å². The van der Waals surface area contributed by atoms with Gasteiger partial charge in [0.25, 0.3) is 5.91 Å². The first-order chi connectivity index (χ1) is 14.8. The van der Waals surface area contributed by atoms with Gasteiger partial charge in [0.15, 0.2) is 5.13 Å². The summed E-state index contributed by atoms with van der Waals surface area (Å²) in [5, 5.41) is 24.8. The number of carbonyl (C=O) groups is 3. The molecule has 1 aromatic heterocycles. The molecule has 3 N–H and O–H groups in total. The highest BCUT2D eigenvalue weighted by atomic mass is 32.1. The van der Waals surface area contributed by atoms with Crippen LogP contribution in [-0.4, -0.2) is 32.8 Å². The van der Waals surface area contributed by atoms with Crippen molar-refractivity contribution in [3.05, 3.63) is 45.6 Å². The normalized spacial score (nSPS) is 10.5. The fraction of sp³-hybridized carbons (Fsp3) is 0.400. The van der Waals surface area contributed by atoms with Gasteiger partial charge in [-0.25, -0.2) is 4.98 Å². The Labute approximate surface area is 182 Å². The Bertz CT molecular complexity index is 959. The number of carbonyl (C=O) groups excluding carboxylic acids is 2. The number of amides is 2. The standard InChI is InChI=1S/C20H24N4O6S/c1-13-19(24(29)30)31-20(21-13)23-18(28)14-9-7-8-10-15(14)22-16(25)11-5-3-2-4-6-12-17(26)27/h7-10H,2-6,11-12H2,1H3,(H,22,25)(H,26,27)(H,21,23,28). The zero-order valence-electron chi connectivity index (χ0n) is 17.1. The summed E-state index contributed by atoms with van der Waals surface area (Å²) in [6.07, 6.45) is 4.22. The molecule has 0 atom stereocenters. The Morgan fingerprint density at radius 1 is 1.06 bits per heavy atom. The van der Waals surface area contributed by atoms with Gasteiger partial charge in [-0.3, -0.25) is 29.8 Å². The van der Waals surface area contributed by atoms with E-state index in [9.17, 15) is 24.5 Å². The monoisotopic (exact) mass is 448 g/mol. The van der Waals surface area contributed by atoms with E-state index in [1.165, 1.54) is 6.92 Å². The molecule has 1 heterocycles. The summed E-state index contributed by atoms with van der Waals surface area (Å²) in [4.78, 5) is 49.7. The second kappa shape index (κ2) is 11.7. The van der Waals surface area contributed by atoms with E-state index in [2.05, 4.69) is 15.6 Å². The number of carboxylic acids is 1. The molecule has 1 aromatic carbocycles. The van der Waals surface area contributed by atoms with Gasteiger partial charge in [-0.2, -0.15) is 0 Å². The number of nitrogens with one attached hydrogen (secondary N) is 2. The maximum Gasteiger partial charge on any atom is 0.348 e. The van der Waals surface area contributed by atoms with E-state index in [1.807, 2.05) is 0 Å². The fourth-order valence-electron chi connectivity index (χ4n) is 2.87. The molecule has 0 radical (unpaired) electrons. The quantitative estimate of drug-likeness (QED) is 0.248. The molecule has 0 saturated heterocycles. The first-order valence-electron chi connectivity index (χ1n) is 9.81. The molecular weight excluding hydrogens is 424 g/mol. The molecule has 0 aliphatic carbocycles. The number of rotatable bonds is 12. The van der Waals surface area contributed by atoms with Gasteiger partial charge < -0.3 is 10.4 Å². The molecule has 0 aliphatic rings. The zero-order chi connectivity index (χ0) is 22.8. The van der Waals surface area contributed by atoms with Crippen LogP contribution in [0.4, 0.5) is 15.8 Å². The minimum atomic E-state index is -0.801. The molecule has 2 aromatic rings. The summed E-state index contributed by atoms with van der Waals surface area (Å²) in [5.74, 6) is -1.56. The molecule has 0 aliphatic heterocycles. The Kier molecular flexibility index (Phi) is 9.07. The van der Waals surface area contributed by atoms with Crippen molar-refractivity contribution in [2.24, 2.45) is 0 Å². The second-order valence-electron chi connectivity index (χ2n) is 6.88. The van der Waals surface area contributed by atoms with E-state index in [-0.39, 0.29) is 40.1 Å². The highest BCUT2D eigenvalue weighted by Crippen LogP contribution is 2.30. The van der Waals surface area contributed by atoms with Crippen molar-refractivity contribution in [2.75, 3.05) is 10.6 Å². The van der Waals surface area contributed by atoms with Gasteiger partial charge in [0.2, 0.25) is 5.91 Å². The van der Waals surface area contributed by atoms with Gasteiger partial charge in [-0.05, 0) is 43.2 Å². The third kappa shape index (κ3) is 7.78. The molecule has 2 rings (SSSR count). The third-order valence-corrected chi connectivity index (χ3v) is 5.42. The number of anilines is 2. The number of aliphatic carboxylic acids is 1. The van der Waals surface area contributed by atoms with E-state index in [1.54, 1.807) is 24.3 Å². The van der Waals surface area contributed by atoms with Crippen molar-refractivity contribution in [2.45, 2.75) is 51.9 Å². The summed E-state index contributed by atoms with van der Waals surface area (Å²) in [5.41, 5.74) is 0.782. The predicted molar refractivity (Wildman–Crippen MR) is 116 cm³/mol. The van der Waals surface area contributed by atoms with E-state index in [0.29, 0.717) is 18.5 Å². The van der Waals surface area contributed by atoms with Gasteiger partial charge in [-0.1, -0.05) is 31.4 Å². The third-order valence-electron chi connectivity index (χ3n) is 4.40. The van der Waals surface area contributed by atoms with Gasteiger partial charge in [-0.15, -0.1) is 0 Å². The second-order valence-corrected chi connectivity index (χ2v) is 7.85. The first kappa shape index (κ1) is 23.9. The summed E-state index contributed by atoms with van der Waals surface area (Å²) in [6.45, 7) is 1.49. The average Bonchev–Trinajstić information content (AvgIpc) is 3.07. The maximum absolute atomic E-state index is 12.6. The van der Waals surface area contributed by atoms with Crippen LogP contribution in [0.5, 0.6) is 0 Å². The Hall–Kier alpha value is -3.34. The number of nitrogens with zero attached hydrogens (tertiary/aromatic N) is 2.